The van der Waals surface area contributed by atoms with Crippen LogP contribution in [-0.2, 0) is 4.79 Å². The van der Waals surface area contributed by atoms with Gasteiger partial charge in [-0.25, -0.2) is 14.4 Å². The van der Waals surface area contributed by atoms with Gasteiger partial charge in [0.1, 0.15) is 11.6 Å². The van der Waals surface area contributed by atoms with Gasteiger partial charge >= 0.3 is 0 Å². The first kappa shape index (κ1) is 18.1. The van der Waals surface area contributed by atoms with Crippen molar-refractivity contribution < 1.29 is 9.18 Å². The second kappa shape index (κ2) is 8.14. The normalized spacial score (nSPS) is 10.8. The van der Waals surface area contributed by atoms with E-state index in [0.29, 0.717) is 23.9 Å². The van der Waals surface area contributed by atoms with Crippen LogP contribution in [0.5, 0.6) is 0 Å². The maximum absolute atomic E-state index is 12.9. The van der Waals surface area contributed by atoms with Gasteiger partial charge < -0.3 is 10.6 Å². The number of thiophene rings is 1. The largest absolute Gasteiger partial charge is 0.369 e. The molecular weight excluding hydrogens is 375 g/mol. The van der Waals surface area contributed by atoms with Gasteiger partial charge in [0.2, 0.25) is 5.91 Å². The molecule has 0 aliphatic carbocycles. The predicted molar refractivity (Wildman–Crippen MR) is 111 cm³/mol. The number of hydrogen-bond acceptors (Lipinski definition) is 5. The third-order valence-corrected chi connectivity index (χ3v) is 4.98. The number of fused-ring (bicyclic) bond motifs is 1. The van der Waals surface area contributed by atoms with E-state index in [9.17, 15) is 9.18 Å². The van der Waals surface area contributed by atoms with Gasteiger partial charge in [-0.3, -0.25) is 4.79 Å². The number of rotatable bonds is 6. The van der Waals surface area contributed by atoms with Gasteiger partial charge in [0.15, 0.2) is 5.82 Å². The zero-order chi connectivity index (χ0) is 19.3. The van der Waals surface area contributed by atoms with E-state index in [1.807, 2.05) is 41.8 Å². The predicted octanol–water partition coefficient (Wildman–Crippen LogP) is 4.94. The van der Waals surface area contributed by atoms with Crippen LogP contribution in [0.15, 0.2) is 66.0 Å². The topological polar surface area (TPSA) is 66.9 Å². The van der Waals surface area contributed by atoms with E-state index in [1.54, 1.807) is 11.3 Å². The molecular formula is C21H17FN4OS. The molecule has 0 spiro atoms. The first-order valence-electron chi connectivity index (χ1n) is 8.79. The molecule has 1 amide bonds. The van der Waals surface area contributed by atoms with Crippen LogP contribution in [-0.4, -0.2) is 22.4 Å². The van der Waals surface area contributed by atoms with E-state index in [-0.39, 0.29) is 18.1 Å². The molecule has 0 atom stereocenters. The van der Waals surface area contributed by atoms with Gasteiger partial charge in [-0.1, -0.05) is 18.2 Å². The number of halogens is 1. The Morgan fingerprint density at radius 2 is 1.82 bits per heavy atom. The minimum absolute atomic E-state index is 0.157. The second-order valence-electron chi connectivity index (χ2n) is 6.12. The summed E-state index contributed by atoms with van der Waals surface area (Å²) in [5, 5.41) is 8.89. The van der Waals surface area contributed by atoms with Crippen LogP contribution in [0.2, 0.25) is 0 Å². The fourth-order valence-corrected chi connectivity index (χ4v) is 3.44. The van der Waals surface area contributed by atoms with Crippen molar-refractivity contribution in [3.8, 4) is 10.7 Å². The van der Waals surface area contributed by atoms with Crippen molar-refractivity contribution >= 4 is 39.7 Å². The summed E-state index contributed by atoms with van der Waals surface area (Å²) in [5.74, 6) is 0.864. The Bertz CT molecular complexity index is 1100. The lowest BCUT2D eigenvalue weighted by Crippen LogP contribution is -2.16. The average Bonchev–Trinajstić information content (AvgIpc) is 3.24. The molecule has 0 aliphatic heterocycles. The van der Waals surface area contributed by atoms with Crippen molar-refractivity contribution in [2.24, 2.45) is 0 Å². The number of carbonyl (C=O) groups is 1. The number of hydrogen-bond donors (Lipinski definition) is 2. The minimum Gasteiger partial charge on any atom is -0.369 e. The monoisotopic (exact) mass is 392 g/mol. The molecule has 4 rings (SSSR count). The highest BCUT2D eigenvalue weighted by Gasteiger charge is 2.10. The molecule has 7 heteroatoms. The molecule has 140 valence electrons. The van der Waals surface area contributed by atoms with Crippen LogP contribution in [0.1, 0.15) is 6.42 Å². The fourth-order valence-electron chi connectivity index (χ4n) is 2.78. The molecule has 2 aromatic carbocycles. The summed E-state index contributed by atoms with van der Waals surface area (Å²) in [6.07, 6.45) is 0.254. The van der Waals surface area contributed by atoms with Gasteiger partial charge in [-0.2, -0.15) is 0 Å². The fraction of sp³-hybridized carbons (Fsp3) is 0.0952. The highest BCUT2D eigenvalue weighted by molar-refractivity contribution is 7.13. The molecule has 0 fully saturated rings. The van der Waals surface area contributed by atoms with E-state index >= 15 is 0 Å². The van der Waals surface area contributed by atoms with Crippen molar-refractivity contribution in [3.63, 3.8) is 0 Å². The molecule has 0 bridgehead atoms. The van der Waals surface area contributed by atoms with Crippen molar-refractivity contribution in [1.82, 2.24) is 9.97 Å². The number of anilines is 2. The van der Waals surface area contributed by atoms with E-state index < -0.39 is 0 Å². The molecule has 2 N–H and O–H groups in total. The number of nitrogens with zero attached hydrogens (tertiary/aromatic N) is 2. The number of aromatic nitrogens is 2. The summed E-state index contributed by atoms with van der Waals surface area (Å²) in [6, 6.07) is 17.4. The van der Waals surface area contributed by atoms with Gasteiger partial charge in [0.05, 0.1) is 10.4 Å². The van der Waals surface area contributed by atoms with E-state index in [4.69, 9.17) is 0 Å². The van der Waals surface area contributed by atoms with Crippen LogP contribution < -0.4 is 10.6 Å². The molecule has 0 aliphatic rings. The smallest absolute Gasteiger partial charge is 0.226 e. The summed E-state index contributed by atoms with van der Waals surface area (Å²) in [5.41, 5.74) is 1.41. The summed E-state index contributed by atoms with van der Waals surface area (Å²) in [7, 11) is 0. The summed E-state index contributed by atoms with van der Waals surface area (Å²) in [6.45, 7) is 0.415. The lowest BCUT2D eigenvalue weighted by Gasteiger charge is -2.10. The highest BCUT2D eigenvalue weighted by atomic mass is 32.1. The summed E-state index contributed by atoms with van der Waals surface area (Å²) in [4.78, 5) is 22.4. The third kappa shape index (κ3) is 4.15. The van der Waals surface area contributed by atoms with E-state index in [2.05, 4.69) is 20.6 Å². The Labute approximate surface area is 165 Å². The van der Waals surface area contributed by atoms with Crippen LogP contribution >= 0.6 is 11.3 Å². The Balaban J connectivity index is 1.46. The summed E-state index contributed by atoms with van der Waals surface area (Å²) >= 11 is 1.58. The van der Waals surface area contributed by atoms with E-state index in [0.717, 1.165) is 15.8 Å². The molecule has 0 saturated heterocycles. The van der Waals surface area contributed by atoms with Crippen molar-refractivity contribution in [2.75, 3.05) is 17.2 Å². The van der Waals surface area contributed by atoms with E-state index in [1.165, 1.54) is 24.3 Å². The first-order chi connectivity index (χ1) is 13.7. The lowest BCUT2D eigenvalue weighted by atomic mass is 10.2. The zero-order valence-corrected chi connectivity index (χ0v) is 15.7. The molecule has 0 saturated carbocycles. The maximum Gasteiger partial charge on any atom is 0.226 e. The third-order valence-electron chi connectivity index (χ3n) is 4.12. The Hall–Kier alpha value is -3.32. The van der Waals surface area contributed by atoms with Crippen molar-refractivity contribution in [3.05, 3.63) is 71.9 Å². The molecule has 2 heterocycles. The van der Waals surface area contributed by atoms with Crippen LogP contribution in [0, 0.1) is 5.82 Å². The van der Waals surface area contributed by atoms with Crippen LogP contribution in [0.4, 0.5) is 15.9 Å². The summed E-state index contributed by atoms with van der Waals surface area (Å²) < 4.78 is 12.9. The number of amides is 1. The molecule has 2 aromatic heterocycles. The highest BCUT2D eigenvalue weighted by Crippen LogP contribution is 2.27. The number of carbonyl (C=O) groups excluding carboxylic acids is 1. The quantitative estimate of drug-likeness (QED) is 0.488. The van der Waals surface area contributed by atoms with Gasteiger partial charge in [-0.05, 0) is 47.8 Å². The van der Waals surface area contributed by atoms with Gasteiger partial charge in [0.25, 0.3) is 0 Å². The first-order valence-corrected chi connectivity index (χ1v) is 9.67. The number of nitrogens with one attached hydrogen (secondary N) is 2. The SMILES string of the molecule is O=C(CCNc1nc(-c2cccs2)nc2ccccc12)Nc1ccc(F)cc1. The van der Waals surface area contributed by atoms with Crippen LogP contribution in [0.25, 0.3) is 21.6 Å². The average molecular weight is 392 g/mol. The minimum atomic E-state index is -0.336. The molecule has 4 aromatic rings. The second-order valence-corrected chi connectivity index (χ2v) is 7.07. The van der Waals surface area contributed by atoms with Crippen molar-refractivity contribution in [2.45, 2.75) is 6.42 Å². The Kier molecular flexibility index (Phi) is 5.25. The molecule has 5 nitrogen and oxygen atoms in total. The zero-order valence-electron chi connectivity index (χ0n) is 14.9. The van der Waals surface area contributed by atoms with Crippen LogP contribution in [0.3, 0.4) is 0 Å². The molecule has 0 radical (unpaired) electrons. The molecule has 0 unspecified atom stereocenters. The Morgan fingerprint density at radius 1 is 1.00 bits per heavy atom. The Morgan fingerprint density at radius 3 is 2.61 bits per heavy atom. The van der Waals surface area contributed by atoms with Crippen molar-refractivity contribution in [1.29, 1.82) is 0 Å². The lowest BCUT2D eigenvalue weighted by molar-refractivity contribution is -0.115. The maximum atomic E-state index is 12.9. The number of para-hydroxylation sites is 1. The van der Waals surface area contributed by atoms with Gasteiger partial charge in [-0.15, -0.1) is 11.3 Å². The van der Waals surface area contributed by atoms with Gasteiger partial charge in [0, 0.05) is 24.0 Å². The standard InChI is InChI=1S/C21H17FN4OS/c22-14-7-9-15(10-8-14)24-19(27)11-12-23-20-16-4-1-2-5-17(16)25-21(26-20)18-6-3-13-28-18/h1-10,13H,11-12H2,(H,24,27)(H,23,25,26). The molecule has 28 heavy (non-hydrogen) atoms. The number of benzene rings is 2.